The van der Waals surface area contributed by atoms with Crippen molar-refractivity contribution in [2.24, 2.45) is 5.16 Å². The van der Waals surface area contributed by atoms with E-state index in [-0.39, 0.29) is 5.54 Å². The zero-order valence-electron chi connectivity index (χ0n) is 20.2. The molecule has 1 heterocycles. The maximum absolute atomic E-state index is 12.6. The molecule has 1 fully saturated rings. The van der Waals surface area contributed by atoms with Crippen LogP contribution < -0.4 is 0 Å². The first-order chi connectivity index (χ1) is 15.4. The molecule has 32 heavy (non-hydrogen) atoms. The summed E-state index contributed by atoms with van der Waals surface area (Å²) in [5.74, 6) is 0. The number of nitrogens with zero attached hydrogens (tertiary/aromatic N) is 2. The Hall–Kier alpha value is -0.890. The van der Waals surface area contributed by atoms with E-state index in [9.17, 15) is 4.57 Å². The molecule has 0 saturated carbocycles. The molecule has 1 aromatic carbocycles. The van der Waals surface area contributed by atoms with E-state index in [1.165, 1.54) is 4.90 Å². The van der Waals surface area contributed by atoms with Crippen LogP contribution in [0, 0.1) is 0 Å². The van der Waals surface area contributed by atoms with Gasteiger partial charge in [0.2, 0.25) is 0 Å². The van der Waals surface area contributed by atoms with E-state index in [0.29, 0.717) is 32.4 Å². The second-order valence-electron chi connectivity index (χ2n) is 7.75. The average molecular weight is 487 g/mol. The molecular weight excluding hydrogens is 447 g/mol. The molecule has 1 atom stereocenters. The Balaban J connectivity index is 2.18. The van der Waals surface area contributed by atoms with Gasteiger partial charge in [-0.25, -0.2) is 0 Å². The number of ether oxygens (including phenoxy) is 1. The molecular formula is C23H39N2O5PS. The van der Waals surface area contributed by atoms with E-state index in [2.05, 4.69) is 54.4 Å². The van der Waals surface area contributed by atoms with E-state index < -0.39 is 7.60 Å². The van der Waals surface area contributed by atoms with Gasteiger partial charge < -0.3 is 18.6 Å². The summed E-state index contributed by atoms with van der Waals surface area (Å²) < 4.78 is 28.9. The van der Waals surface area contributed by atoms with Gasteiger partial charge in [-0.3, -0.25) is 9.46 Å². The summed E-state index contributed by atoms with van der Waals surface area (Å²) >= 11 is 1.72. The van der Waals surface area contributed by atoms with Crippen LogP contribution in [0.2, 0.25) is 0 Å². The highest BCUT2D eigenvalue weighted by molar-refractivity contribution is 7.98. The number of rotatable bonds is 14. The summed E-state index contributed by atoms with van der Waals surface area (Å²) in [6.07, 6.45) is 3.82. The lowest BCUT2D eigenvalue weighted by molar-refractivity contribution is 0.00304. The molecule has 0 aromatic heterocycles. The number of thioether (sulfide) groups is 1. The van der Waals surface area contributed by atoms with Crippen molar-refractivity contribution < 1.29 is 23.2 Å². The normalized spacial score (nSPS) is 17.8. The third kappa shape index (κ3) is 7.57. The Morgan fingerprint density at radius 2 is 1.78 bits per heavy atom. The van der Waals surface area contributed by atoms with Crippen LogP contribution in [-0.2, 0) is 23.2 Å². The van der Waals surface area contributed by atoms with Crippen molar-refractivity contribution in [3.05, 3.63) is 29.8 Å². The van der Waals surface area contributed by atoms with Crippen LogP contribution in [0.25, 0.3) is 0 Å². The maximum atomic E-state index is 12.6. The first kappa shape index (κ1) is 27.4. The van der Waals surface area contributed by atoms with Gasteiger partial charge in [0.05, 0.1) is 38.1 Å². The molecule has 0 bridgehead atoms. The fraction of sp³-hybridized carbons (Fsp3) is 0.696. The zero-order chi connectivity index (χ0) is 23.5. The van der Waals surface area contributed by atoms with E-state index in [1.807, 2.05) is 13.8 Å². The second kappa shape index (κ2) is 13.7. The maximum Gasteiger partial charge on any atom is 0.330 e. The molecule has 2 rings (SSSR count). The number of hydrogen-bond acceptors (Lipinski definition) is 8. The summed E-state index contributed by atoms with van der Waals surface area (Å²) in [5, 5.41) is 4.64. The van der Waals surface area contributed by atoms with E-state index in [4.69, 9.17) is 18.6 Å². The Labute approximate surface area is 197 Å². The molecule has 1 saturated heterocycles. The molecule has 0 amide bonds. The van der Waals surface area contributed by atoms with Crippen molar-refractivity contribution in [3.8, 4) is 0 Å². The predicted molar refractivity (Wildman–Crippen MR) is 132 cm³/mol. The molecule has 0 radical (unpaired) electrons. The summed E-state index contributed by atoms with van der Waals surface area (Å²) in [4.78, 5) is 9.43. The smallest absolute Gasteiger partial charge is 0.330 e. The van der Waals surface area contributed by atoms with Gasteiger partial charge in [0.1, 0.15) is 12.3 Å². The lowest BCUT2D eigenvalue weighted by atomic mass is 9.85. The Morgan fingerprint density at radius 1 is 1.16 bits per heavy atom. The van der Waals surface area contributed by atoms with Crippen LogP contribution in [0.15, 0.2) is 34.3 Å². The number of benzene rings is 1. The Bertz CT molecular complexity index is 745. The van der Waals surface area contributed by atoms with Crippen molar-refractivity contribution in [1.29, 1.82) is 0 Å². The van der Waals surface area contributed by atoms with Crippen LogP contribution in [0.4, 0.5) is 0 Å². The highest BCUT2D eigenvalue weighted by Gasteiger charge is 2.38. The molecule has 0 spiro atoms. The van der Waals surface area contributed by atoms with Crippen molar-refractivity contribution >= 4 is 25.1 Å². The molecule has 1 aliphatic heterocycles. The quantitative estimate of drug-likeness (QED) is 0.116. The summed E-state index contributed by atoms with van der Waals surface area (Å²) in [7, 11) is -3.06. The highest BCUT2D eigenvalue weighted by Crippen LogP contribution is 2.48. The van der Waals surface area contributed by atoms with Gasteiger partial charge in [0, 0.05) is 23.5 Å². The molecule has 9 heteroatoms. The van der Waals surface area contributed by atoms with Gasteiger partial charge in [0.15, 0.2) is 0 Å². The Kier molecular flexibility index (Phi) is 11.7. The minimum absolute atomic E-state index is 0.281. The molecule has 182 valence electrons. The minimum Gasteiger partial charge on any atom is -0.396 e. The van der Waals surface area contributed by atoms with Crippen molar-refractivity contribution in [2.75, 3.05) is 58.5 Å². The number of hydrogen-bond donors (Lipinski definition) is 0. The van der Waals surface area contributed by atoms with Crippen LogP contribution in [-0.4, -0.2) is 74.7 Å². The van der Waals surface area contributed by atoms with E-state index in [1.54, 1.807) is 11.8 Å². The third-order valence-corrected chi connectivity index (χ3v) is 8.66. The topological polar surface area (TPSA) is 69.6 Å². The third-order valence-electron chi connectivity index (χ3n) is 5.75. The van der Waals surface area contributed by atoms with E-state index >= 15 is 0 Å². The first-order valence-corrected chi connectivity index (χ1v) is 14.4. The van der Waals surface area contributed by atoms with Gasteiger partial charge in [-0.2, -0.15) is 0 Å². The van der Waals surface area contributed by atoms with Crippen molar-refractivity contribution in [3.63, 3.8) is 0 Å². The van der Waals surface area contributed by atoms with Crippen LogP contribution >= 0.6 is 19.4 Å². The van der Waals surface area contributed by atoms with Crippen molar-refractivity contribution in [2.45, 2.75) is 51.0 Å². The zero-order valence-corrected chi connectivity index (χ0v) is 21.9. The molecule has 0 aliphatic carbocycles. The van der Waals surface area contributed by atoms with E-state index in [0.717, 1.165) is 44.0 Å². The summed E-state index contributed by atoms with van der Waals surface area (Å²) in [5.41, 5.74) is 1.68. The Morgan fingerprint density at radius 3 is 2.31 bits per heavy atom. The fourth-order valence-corrected chi connectivity index (χ4v) is 5.85. The molecule has 1 unspecified atom stereocenters. The molecule has 7 nitrogen and oxygen atoms in total. The van der Waals surface area contributed by atoms with Gasteiger partial charge in [-0.05, 0) is 52.0 Å². The molecule has 1 aromatic rings. The average Bonchev–Trinajstić information content (AvgIpc) is 2.82. The second-order valence-corrected chi connectivity index (χ2v) is 10.8. The fourth-order valence-electron chi connectivity index (χ4n) is 3.80. The predicted octanol–water partition coefficient (Wildman–Crippen LogP) is 5.29. The van der Waals surface area contributed by atoms with Crippen LogP contribution in [0.3, 0.4) is 0 Å². The number of morpholine rings is 1. The highest BCUT2D eigenvalue weighted by atomic mass is 32.2. The lowest BCUT2D eigenvalue weighted by Gasteiger charge is -2.43. The standard InChI is InChI=1S/C23H39N2O5PS/c1-6-23(4,25-14-17-27-18-15-25)22(20-10-12-21(32-5)13-11-20)24-28-16-9-19-31(26,29-7-2)30-8-3/h10-13H,6-9,14-19H2,1-5H3. The van der Waals surface area contributed by atoms with Crippen LogP contribution in [0.5, 0.6) is 0 Å². The largest absolute Gasteiger partial charge is 0.396 e. The van der Waals surface area contributed by atoms with Crippen LogP contribution in [0.1, 0.15) is 46.1 Å². The van der Waals surface area contributed by atoms with Gasteiger partial charge in [-0.1, -0.05) is 24.2 Å². The first-order valence-electron chi connectivity index (χ1n) is 11.5. The SMILES string of the molecule is CCOP(=O)(CCCON=C(c1ccc(SC)cc1)C(C)(CC)N1CCOCC1)OCC. The summed E-state index contributed by atoms with van der Waals surface area (Å²) in [6, 6.07) is 8.46. The molecule has 0 N–H and O–H groups in total. The monoisotopic (exact) mass is 486 g/mol. The van der Waals surface area contributed by atoms with Gasteiger partial charge >= 0.3 is 7.60 Å². The van der Waals surface area contributed by atoms with Gasteiger partial charge in [-0.15, -0.1) is 11.8 Å². The summed E-state index contributed by atoms with van der Waals surface area (Å²) in [6.45, 7) is 12.3. The van der Waals surface area contributed by atoms with Crippen molar-refractivity contribution in [1.82, 2.24) is 4.90 Å². The molecule has 1 aliphatic rings. The van der Waals surface area contributed by atoms with Gasteiger partial charge in [0.25, 0.3) is 0 Å². The number of oxime groups is 1. The lowest BCUT2D eigenvalue weighted by Crippen LogP contribution is -2.56. The minimum atomic E-state index is -3.06.